The average molecular weight is 281 g/mol. The van der Waals surface area contributed by atoms with Crippen LogP contribution in [0.2, 0.25) is 0 Å². The largest absolute Gasteiger partial charge is 0.478 e. The molecule has 1 aromatic rings. The molecule has 1 atom stereocenters. The highest BCUT2D eigenvalue weighted by molar-refractivity contribution is 7.99. The number of anilines is 1. The Kier molecular flexibility index (Phi) is 5.47. The van der Waals surface area contributed by atoms with E-state index in [4.69, 9.17) is 4.74 Å². The van der Waals surface area contributed by atoms with E-state index < -0.39 is 0 Å². The quantitative estimate of drug-likeness (QED) is 0.856. The minimum absolute atomic E-state index is 0.0194. The summed E-state index contributed by atoms with van der Waals surface area (Å²) in [6, 6.07) is 3.83. The second kappa shape index (κ2) is 7.35. The Morgan fingerprint density at radius 2 is 2.53 bits per heavy atom. The van der Waals surface area contributed by atoms with Crippen LogP contribution in [-0.2, 0) is 4.79 Å². The van der Waals surface area contributed by atoms with E-state index in [1.165, 1.54) is 0 Å². The SMILES string of the molecule is CCOc1ccc(NC(=O)CC2CSCCN2)cn1. The number of hydrogen-bond donors (Lipinski definition) is 2. The van der Waals surface area contributed by atoms with Crippen LogP contribution in [-0.4, -0.2) is 41.6 Å². The fourth-order valence-corrected chi connectivity index (χ4v) is 2.82. The Bertz CT molecular complexity index is 405. The van der Waals surface area contributed by atoms with Crippen LogP contribution in [0.1, 0.15) is 13.3 Å². The molecule has 1 aliphatic heterocycles. The van der Waals surface area contributed by atoms with Gasteiger partial charge >= 0.3 is 0 Å². The summed E-state index contributed by atoms with van der Waals surface area (Å²) in [6.07, 6.45) is 2.12. The molecule has 5 nitrogen and oxygen atoms in total. The van der Waals surface area contributed by atoms with Gasteiger partial charge in [-0.05, 0) is 13.0 Å². The first-order valence-electron chi connectivity index (χ1n) is 6.47. The summed E-state index contributed by atoms with van der Waals surface area (Å²) in [7, 11) is 0. The lowest BCUT2D eigenvalue weighted by Crippen LogP contribution is -2.39. The van der Waals surface area contributed by atoms with Crippen molar-refractivity contribution in [3.63, 3.8) is 0 Å². The number of carbonyl (C=O) groups is 1. The van der Waals surface area contributed by atoms with Gasteiger partial charge in [-0.25, -0.2) is 4.98 Å². The maximum atomic E-state index is 11.9. The molecule has 0 bridgehead atoms. The first-order chi connectivity index (χ1) is 9.28. The maximum absolute atomic E-state index is 11.9. The second-order valence-corrected chi connectivity index (χ2v) is 5.45. The summed E-state index contributed by atoms with van der Waals surface area (Å²) in [6.45, 7) is 3.48. The Hall–Kier alpha value is -1.27. The molecule has 2 N–H and O–H groups in total. The van der Waals surface area contributed by atoms with E-state index in [0.29, 0.717) is 24.6 Å². The van der Waals surface area contributed by atoms with E-state index in [9.17, 15) is 4.79 Å². The van der Waals surface area contributed by atoms with Crippen LogP contribution in [0.15, 0.2) is 18.3 Å². The van der Waals surface area contributed by atoms with Gasteiger partial charge in [0.2, 0.25) is 11.8 Å². The van der Waals surface area contributed by atoms with Gasteiger partial charge in [0.05, 0.1) is 18.5 Å². The van der Waals surface area contributed by atoms with Crippen molar-refractivity contribution < 1.29 is 9.53 Å². The molecule has 104 valence electrons. The van der Waals surface area contributed by atoms with Crippen LogP contribution in [0.3, 0.4) is 0 Å². The van der Waals surface area contributed by atoms with Crippen LogP contribution in [0.25, 0.3) is 0 Å². The average Bonchev–Trinajstić information content (AvgIpc) is 2.42. The minimum Gasteiger partial charge on any atom is -0.478 e. The first kappa shape index (κ1) is 14.1. The molecule has 1 fully saturated rings. The van der Waals surface area contributed by atoms with Gasteiger partial charge in [-0.3, -0.25) is 4.79 Å². The number of rotatable bonds is 5. The molecule has 1 amide bonds. The molecule has 0 aliphatic carbocycles. The third kappa shape index (κ3) is 4.72. The van der Waals surface area contributed by atoms with E-state index in [1.807, 2.05) is 18.7 Å². The zero-order valence-electron chi connectivity index (χ0n) is 11.0. The zero-order chi connectivity index (χ0) is 13.5. The topological polar surface area (TPSA) is 63.2 Å². The third-order valence-corrected chi connectivity index (χ3v) is 3.87. The fourth-order valence-electron chi connectivity index (χ4n) is 1.87. The molecule has 1 saturated heterocycles. The lowest BCUT2D eigenvalue weighted by molar-refractivity contribution is -0.116. The number of thioether (sulfide) groups is 1. The third-order valence-electron chi connectivity index (χ3n) is 2.74. The summed E-state index contributed by atoms with van der Waals surface area (Å²) < 4.78 is 5.25. The Morgan fingerprint density at radius 1 is 1.63 bits per heavy atom. The van der Waals surface area contributed by atoms with Gasteiger partial charge in [-0.2, -0.15) is 11.8 Å². The van der Waals surface area contributed by atoms with Crippen molar-refractivity contribution in [2.24, 2.45) is 0 Å². The standard InChI is InChI=1S/C13H19N3O2S/c1-2-18-13-4-3-10(8-15-13)16-12(17)7-11-9-19-6-5-14-11/h3-4,8,11,14H,2,5-7,9H2,1H3,(H,16,17). The molecule has 1 aromatic heterocycles. The monoisotopic (exact) mass is 281 g/mol. The van der Waals surface area contributed by atoms with Crippen molar-refractivity contribution in [3.8, 4) is 5.88 Å². The van der Waals surface area contributed by atoms with Gasteiger partial charge in [0.15, 0.2) is 0 Å². The van der Waals surface area contributed by atoms with Crippen LogP contribution in [0.5, 0.6) is 5.88 Å². The molecule has 6 heteroatoms. The molecule has 1 unspecified atom stereocenters. The molecular formula is C13H19N3O2S. The van der Waals surface area contributed by atoms with Gasteiger partial charge < -0.3 is 15.4 Å². The summed E-state index contributed by atoms with van der Waals surface area (Å²) in [5.74, 6) is 2.72. The van der Waals surface area contributed by atoms with Crippen LogP contribution in [0.4, 0.5) is 5.69 Å². The van der Waals surface area contributed by atoms with Crippen LogP contribution < -0.4 is 15.4 Å². The highest BCUT2D eigenvalue weighted by Crippen LogP contribution is 2.14. The Balaban J connectivity index is 1.80. The summed E-state index contributed by atoms with van der Waals surface area (Å²) >= 11 is 1.89. The Labute approximate surface area is 117 Å². The number of amides is 1. The predicted molar refractivity (Wildman–Crippen MR) is 77.8 cm³/mol. The zero-order valence-corrected chi connectivity index (χ0v) is 11.8. The van der Waals surface area contributed by atoms with Crippen LogP contribution >= 0.6 is 11.8 Å². The number of nitrogens with one attached hydrogen (secondary N) is 2. The molecule has 0 spiro atoms. The maximum Gasteiger partial charge on any atom is 0.226 e. The van der Waals surface area contributed by atoms with Crippen molar-refractivity contribution in [3.05, 3.63) is 18.3 Å². The van der Waals surface area contributed by atoms with E-state index >= 15 is 0 Å². The number of hydrogen-bond acceptors (Lipinski definition) is 5. The van der Waals surface area contributed by atoms with Crippen molar-refractivity contribution in [2.45, 2.75) is 19.4 Å². The lowest BCUT2D eigenvalue weighted by Gasteiger charge is -2.22. The summed E-state index contributed by atoms with van der Waals surface area (Å²) in [5.41, 5.74) is 0.705. The van der Waals surface area contributed by atoms with E-state index in [1.54, 1.807) is 18.3 Å². The Morgan fingerprint density at radius 3 is 3.16 bits per heavy atom. The molecule has 1 aliphatic rings. The molecular weight excluding hydrogens is 262 g/mol. The molecule has 19 heavy (non-hydrogen) atoms. The number of pyridine rings is 1. The number of ether oxygens (including phenoxy) is 1. The highest BCUT2D eigenvalue weighted by atomic mass is 32.2. The van der Waals surface area contributed by atoms with Crippen LogP contribution in [0, 0.1) is 0 Å². The van der Waals surface area contributed by atoms with Gasteiger partial charge in [-0.15, -0.1) is 0 Å². The lowest BCUT2D eigenvalue weighted by atomic mass is 10.2. The first-order valence-corrected chi connectivity index (χ1v) is 7.63. The molecule has 2 rings (SSSR count). The highest BCUT2D eigenvalue weighted by Gasteiger charge is 2.16. The normalized spacial score (nSPS) is 18.9. The van der Waals surface area contributed by atoms with Gasteiger partial charge in [0, 0.05) is 36.6 Å². The number of nitrogens with zero attached hydrogens (tertiary/aromatic N) is 1. The summed E-state index contributed by atoms with van der Waals surface area (Å²) in [4.78, 5) is 16.0. The predicted octanol–water partition coefficient (Wildman–Crippen LogP) is 1.51. The number of aromatic nitrogens is 1. The van der Waals surface area contributed by atoms with E-state index in [-0.39, 0.29) is 11.9 Å². The van der Waals surface area contributed by atoms with Crippen molar-refractivity contribution in [1.82, 2.24) is 10.3 Å². The van der Waals surface area contributed by atoms with Crippen molar-refractivity contribution in [2.75, 3.05) is 30.0 Å². The van der Waals surface area contributed by atoms with Gasteiger partial charge in [-0.1, -0.05) is 0 Å². The second-order valence-electron chi connectivity index (χ2n) is 4.30. The summed E-state index contributed by atoms with van der Waals surface area (Å²) in [5, 5.41) is 6.20. The smallest absolute Gasteiger partial charge is 0.226 e. The van der Waals surface area contributed by atoms with E-state index in [2.05, 4.69) is 15.6 Å². The van der Waals surface area contributed by atoms with Gasteiger partial charge in [0.25, 0.3) is 0 Å². The van der Waals surface area contributed by atoms with Gasteiger partial charge in [0.1, 0.15) is 0 Å². The van der Waals surface area contributed by atoms with Crippen molar-refractivity contribution >= 4 is 23.4 Å². The molecule has 2 heterocycles. The van der Waals surface area contributed by atoms with Crippen molar-refractivity contribution in [1.29, 1.82) is 0 Å². The fraction of sp³-hybridized carbons (Fsp3) is 0.538. The molecule has 0 radical (unpaired) electrons. The minimum atomic E-state index is 0.0194. The molecule has 0 aromatic carbocycles. The molecule has 0 saturated carbocycles. The van der Waals surface area contributed by atoms with E-state index in [0.717, 1.165) is 18.1 Å². The number of carbonyl (C=O) groups excluding carboxylic acids is 1.